The standard InChI is InChI=1S/C12H8N4O6S.Na/c13-23(21,22)8-3-1-2-5-9(8)7(16(19)20)4-6-10(5)15-12(18)11(17)14-6;/h1-4H,(H,14,17)(H,15,18)(H2,13,21,22);/q;+1/p-2. The van der Waals surface area contributed by atoms with E-state index in [0.717, 1.165) is 12.1 Å². The van der Waals surface area contributed by atoms with Crippen LogP contribution in [0.3, 0.4) is 0 Å². The number of fused-ring (bicyclic) bond motifs is 3. The van der Waals surface area contributed by atoms with Crippen molar-refractivity contribution < 1.29 is 53.1 Å². The van der Waals surface area contributed by atoms with E-state index in [0.29, 0.717) is 0 Å². The molecule has 2 aromatic carbocycles. The molecule has 0 fully saturated rings. The normalized spacial score (nSPS) is 11.4. The minimum absolute atomic E-state index is 0. The van der Waals surface area contributed by atoms with Gasteiger partial charge in [-0.1, -0.05) is 12.1 Å². The maximum Gasteiger partial charge on any atom is 1.00 e. The van der Waals surface area contributed by atoms with Gasteiger partial charge in [0.2, 0.25) is 10.0 Å². The Morgan fingerprint density at radius 3 is 2.33 bits per heavy atom. The van der Waals surface area contributed by atoms with Crippen molar-refractivity contribution >= 4 is 37.5 Å². The maximum atomic E-state index is 11.7. The zero-order valence-electron chi connectivity index (χ0n) is 12.1. The van der Waals surface area contributed by atoms with Gasteiger partial charge in [-0.05, 0) is 17.8 Å². The summed E-state index contributed by atoms with van der Waals surface area (Å²) in [5.74, 6) is -2.30. The van der Waals surface area contributed by atoms with Gasteiger partial charge in [0.1, 0.15) is 0 Å². The predicted octanol–water partition coefficient (Wildman–Crippen LogP) is -3.51. The van der Waals surface area contributed by atoms with Crippen molar-refractivity contribution in [2.24, 2.45) is 5.14 Å². The van der Waals surface area contributed by atoms with E-state index in [2.05, 4.69) is 9.97 Å². The number of nitrogens with zero attached hydrogens (tertiary/aromatic N) is 3. The molecule has 1 aromatic heterocycles. The molecule has 0 aliphatic carbocycles. The second-order valence-corrected chi connectivity index (χ2v) is 6.11. The molecule has 12 heteroatoms. The molecule has 1 heterocycles. The second-order valence-electron chi connectivity index (χ2n) is 4.58. The van der Waals surface area contributed by atoms with Crippen molar-refractivity contribution in [2.45, 2.75) is 4.90 Å². The molecule has 0 aliphatic rings. The van der Waals surface area contributed by atoms with E-state index in [1.165, 1.54) is 12.1 Å². The van der Waals surface area contributed by atoms with Crippen LogP contribution in [0.4, 0.5) is 5.69 Å². The number of aromatic nitrogens is 2. The fourth-order valence-electron chi connectivity index (χ4n) is 2.29. The Kier molecular flexibility index (Phi) is 4.65. The Bertz CT molecular complexity index is 1100. The van der Waals surface area contributed by atoms with Gasteiger partial charge in [0.15, 0.2) is 0 Å². The SMILES string of the molecule is NS(=O)(=O)c1cccc2c1c([N+](=O)[O-])cc1nc([O-])c([O-])nc12.[Na+]. The van der Waals surface area contributed by atoms with E-state index in [1.807, 2.05) is 0 Å². The smallest absolute Gasteiger partial charge is 0.858 e. The van der Waals surface area contributed by atoms with Crippen LogP contribution in [0.5, 0.6) is 11.8 Å². The summed E-state index contributed by atoms with van der Waals surface area (Å²) in [6, 6.07) is 4.62. The summed E-state index contributed by atoms with van der Waals surface area (Å²) in [6.07, 6.45) is 0. The van der Waals surface area contributed by atoms with Crippen LogP contribution < -0.4 is 44.9 Å². The third kappa shape index (κ3) is 2.87. The van der Waals surface area contributed by atoms with E-state index in [1.54, 1.807) is 0 Å². The molecule has 0 spiro atoms. The van der Waals surface area contributed by atoms with Crippen LogP contribution in [0.15, 0.2) is 29.2 Å². The first kappa shape index (κ1) is 18.3. The molecule has 3 aromatic rings. The van der Waals surface area contributed by atoms with Gasteiger partial charge in [-0.2, -0.15) is 0 Å². The average molecular weight is 357 g/mol. The van der Waals surface area contributed by atoms with Crippen LogP contribution >= 0.6 is 0 Å². The molecule has 0 saturated carbocycles. The fraction of sp³-hybridized carbons (Fsp3) is 0. The Morgan fingerprint density at radius 1 is 1.12 bits per heavy atom. The monoisotopic (exact) mass is 357 g/mol. The summed E-state index contributed by atoms with van der Waals surface area (Å²) in [4.78, 5) is 16.9. The van der Waals surface area contributed by atoms with E-state index < -0.39 is 37.3 Å². The first-order valence-corrected chi connectivity index (χ1v) is 7.53. The number of nitro benzene ring substituents is 1. The van der Waals surface area contributed by atoms with E-state index in [-0.39, 0.29) is 51.4 Å². The predicted molar refractivity (Wildman–Crippen MR) is 74.0 cm³/mol. The third-order valence-electron chi connectivity index (χ3n) is 3.18. The molecule has 0 radical (unpaired) electrons. The Hall–Kier alpha value is -2.05. The summed E-state index contributed by atoms with van der Waals surface area (Å²) in [5, 5.41) is 38.8. The minimum atomic E-state index is -4.26. The molecule has 0 amide bonds. The summed E-state index contributed by atoms with van der Waals surface area (Å²) in [7, 11) is -4.26. The number of hydrogen-bond acceptors (Lipinski definition) is 8. The van der Waals surface area contributed by atoms with Crippen LogP contribution in [-0.2, 0) is 10.0 Å². The molecule has 0 aliphatic heterocycles. The Morgan fingerprint density at radius 2 is 1.75 bits per heavy atom. The minimum Gasteiger partial charge on any atom is -0.858 e. The van der Waals surface area contributed by atoms with Crippen LogP contribution in [0, 0.1) is 10.1 Å². The zero-order chi connectivity index (χ0) is 16.9. The van der Waals surface area contributed by atoms with Crippen molar-refractivity contribution in [2.75, 3.05) is 0 Å². The molecule has 0 atom stereocenters. The number of benzene rings is 2. The number of non-ortho nitro benzene ring substituents is 1. The molecule has 3 rings (SSSR count). The van der Waals surface area contributed by atoms with E-state index in [9.17, 15) is 28.7 Å². The first-order chi connectivity index (χ1) is 10.7. The van der Waals surface area contributed by atoms with Crippen LogP contribution in [0.1, 0.15) is 0 Å². The fourth-order valence-corrected chi connectivity index (χ4v) is 3.06. The third-order valence-corrected chi connectivity index (χ3v) is 4.13. The summed E-state index contributed by atoms with van der Waals surface area (Å²) in [5.41, 5.74) is -0.898. The molecule has 24 heavy (non-hydrogen) atoms. The summed E-state index contributed by atoms with van der Waals surface area (Å²) >= 11 is 0. The second kappa shape index (κ2) is 6.11. The van der Waals surface area contributed by atoms with Gasteiger partial charge < -0.3 is 10.2 Å². The number of sulfonamides is 1. The number of nitro groups is 1. The Balaban J connectivity index is 0.00000208. The quantitative estimate of drug-likeness (QED) is 0.212. The topological polar surface area (TPSA) is 175 Å². The van der Waals surface area contributed by atoms with Crippen molar-refractivity contribution in [1.82, 2.24) is 9.97 Å². The summed E-state index contributed by atoms with van der Waals surface area (Å²) in [6.45, 7) is 0. The van der Waals surface area contributed by atoms with Gasteiger partial charge in [0.05, 0.1) is 26.2 Å². The van der Waals surface area contributed by atoms with E-state index >= 15 is 0 Å². The molecule has 0 bridgehead atoms. The molecule has 10 nitrogen and oxygen atoms in total. The van der Waals surface area contributed by atoms with Gasteiger partial charge >= 0.3 is 29.6 Å². The van der Waals surface area contributed by atoms with Crippen molar-refractivity contribution in [3.05, 3.63) is 34.4 Å². The van der Waals surface area contributed by atoms with Gasteiger partial charge in [-0.25, -0.2) is 13.6 Å². The van der Waals surface area contributed by atoms with Gasteiger partial charge in [-0.3, -0.25) is 20.1 Å². The summed E-state index contributed by atoms with van der Waals surface area (Å²) < 4.78 is 23.4. The molecular formula is C12H6N4NaO6S-. The number of hydrogen-bond donors (Lipinski definition) is 1. The largest absolute Gasteiger partial charge is 1.00 e. The van der Waals surface area contributed by atoms with Crippen LogP contribution in [0.2, 0.25) is 0 Å². The average Bonchev–Trinajstić information content (AvgIpc) is 2.46. The van der Waals surface area contributed by atoms with Gasteiger partial charge in [0.25, 0.3) is 5.69 Å². The molecule has 0 unspecified atom stereocenters. The van der Waals surface area contributed by atoms with Crippen LogP contribution in [0.25, 0.3) is 21.8 Å². The van der Waals surface area contributed by atoms with Gasteiger partial charge in [0, 0.05) is 11.5 Å². The molecular weight excluding hydrogens is 351 g/mol. The van der Waals surface area contributed by atoms with Crippen molar-refractivity contribution in [3.63, 3.8) is 0 Å². The molecule has 0 saturated heterocycles. The number of nitrogens with two attached hydrogens (primary N) is 1. The van der Waals surface area contributed by atoms with E-state index in [4.69, 9.17) is 5.14 Å². The van der Waals surface area contributed by atoms with Crippen LogP contribution in [-0.4, -0.2) is 23.3 Å². The van der Waals surface area contributed by atoms with Crippen molar-refractivity contribution in [1.29, 1.82) is 0 Å². The number of rotatable bonds is 2. The number of primary sulfonamides is 1. The van der Waals surface area contributed by atoms with Gasteiger partial charge in [-0.15, -0.1) is 0 Å². The Labute approximate surface area is 156 Å². The zero-order valence-corrected chi connectivity index (χ0v) is 14.9. The molecule has 118 valence electrons. The maximum absolute atomic E-state index is 11.7. The van der Waals surface area contributed by atoms with Crippen molar-refractivity contribution in [3.8, 4) is 11.8 Å². The first-order valence-electron chi connectivity index (χ1n) is 5.99. The molecule has 2 N–H and O–H groups in total.